The van der Waals surface area contributed by atoms with Gasteiger partial charge in [-0.15, -0.1) is 0 Å². The van der Waals surface area contributed by atoms with Crippen LogP contribution in [0.4, 0.5) is 5.69 Å². The van der Waals surface area contributed by atoms with Gasteiger partial charge >= 0.3 is 0 Å². The number of nitrogens with one attached hydrogen (secondary N) is 1. The third-order valence-electron chi connectivity index (χ3n) is 3.47. The number of quaternary nitrogens is 1. The van der Waals surface area contributed by atoms with Crippen molar-refractivity contribution in [2.24, 2.45) is 0 Å². The zero-order valence-corrected chi connectivity index (χ0v) is 15.4. The maximum atomic E-state index is 12.4. The third-order valence-corrected chi connectivity index (χ3v) is 6.19. The molecular formula is C15H24N3O2S2+. The molecule has 0 fully saturated rings. The van der Waals surface area contributed by atoms with Gasteiger partial charge in [0.2, 0.25) is 10.0 Å². The van der Waals surface area contributed by atoms with Crippen molar-refractivity contribution in [3.63, 3.8) is 0 Å². The molecule has 0 aromatic heterocycles. The van der Waals surface area contributed by atoms with Crippen molar-refractivity contribution in [2.75, 3.05) is 46.2 Å². The average Bonchev–Trinajstić information content (AvgIpc) is 2.73. The smallest absolute Gasteiger partial charge is 0.240 e. The molecule has 1 aromatic rings. The minimum Gasteiger partial charge on any atom is -0.338 e. The van der Waals surface area contributed by atoms with Crippen LogP contribution in [0.25, 0.3) is 0 Å². The van der Waals surface area contributed by atoms with Crippen LogP contribution >= 0.6 is 11.8 Å². The SMILES string of the molecule is C/C=C1\Sc2cc(S(=O)(=O)NCC[N+](C)(C)C)ccc2N1C. The predicted molar refractivity (Wildman–Crippen MR) is 92.5 cm³/mol. The van der Waals surface area contributed by atoms with E-state index >= 15 is 0 Å². The molecule has 0 unspecified atom stereocenters. The highest BCUT2D eigenvalue weighted by atomic mass is 32.2. The van der Waals surface area contributed by atoms with E-state index in [0.717, 1.165) is 26.6 Å². The highest BCUT2D eigenvalue weighted by molar-refractivity contribution is 8.03. The van der Waals surface area contributed by atoms with E-state index in [1.807, 2.05) is 47.3 Å². The number of sulfonamides is 1. The summed E-state index contributed by atoms with van der Waals surface area (Å²) in [6, 6.07) is 5.29. The minimum absolute atomic E-state index is 0.325. The van der Waals surface area contributed by atoms with Gasteiger partial charge in [0, 0.05) is 11.9 Å². The van der Waals surface area contributed by atoms with Gasteiger partial charge in [-0.2, -0.15) is 0 Å². The average molecular weight is 343 g/mol. The maximum absolute atomic E-state index is 12.4. The molecule has 1 aliphatic heterocycles. The lowest BCUT2D eigenvalue weighted by Crippen LogP contribution is -2.41. The van der Waals surface area contributed by atoms with Crippen LogP contribution in [-0.4, -0.2) is 54.2 Å². The van der Waals surface area contributed by atoms with Gasteiger partial charge in [-0.3, -0.25) is 0 Å². The second kappa shape index (κ2) is 6.23. The molecular weight excluding hydrogens is 318 g/mol. The lowest BCUT2D eigenvalue weighted by atomic mass is 10.3. The third kappa shape index (κ3) is 3.84. The molecule has 0 saturated carbocycles. The summed E-state index contributed by atoms with van der Waals surface area (Å²) in [5.41, 5.74) is 1.04. The lowest BCUT2D eigenvalue weighted by Gasteiger charge is -2.23. The van der Waals surface area contributed by atoms with Gasteiger partial charge in [0.05, 0.1) is 49.8 Å². The van der Waals surface area contributed by atoms with Crippen molar-refractivity contribution in [1.29, 1.82) is 0 Å². The van der Waals surface area contributed by atoms with Crippen LogP contribution in [-0.2, 0) is 10.0 Å². The van der Waals surface area contributed by atoms with E-state index < -0.39 is 10.0 Å². The summed E-state index contributed by atoms with van der Waals surface area (Å²) in [6.07, 6.45) is 2.03. The van der Waals surface area contributed by atoms with Crippen LogP contribution in [0.3, 0.4) is 0 Å². The van der Waals surface area contributed by atoms with Crippen LogP contribution in [0.1, 0.15) is 6.92 Å². The second-order valence-corrected chi connectivity index (χ2v) is 9.16. The molecule has 1 heterocycles. The number of benzene rings is 1. The van der Waals surface area contributed by atoms with Crippen molar-refractivity contribution >= 4 is 27.5 Å². The first kappa shape index (κ1) is 17.3. The van der Waals surface area contributed by atoms with E-state index in [0.29, 0.717) is 11.4 Å². The monoisotopic (exact) mass is 342 g/mol. The van der Waals surface area contributed by atoms with Gasteiger partial charge in [-0.25, -0.2) is 13.1 Å². The fourth-order valence-corrected chi connectivity index (χ4v) is 4.37. The van der Waals surface area contributed by atoms with E-state index in [1.165, 1.54) is 0 Å². The number of allylic oxidation sites excluding steroid dienone is 1. The molecule has 1 aliphatic rings. The highest BCUT2D eigenvalue weighted by Gasteiger charge is 2.24. The van der Waals surface area contributed by atoms with Gasteiger partial charge in [-0.1, -0.05) is 17.8 Å². The van der Waals surface area contributed by atoms with Crippen molar-refractivity contribution in [1.82, 2.24) is 4.72 Å². The molecule has 2 rings (SSSR count). The normalized spacial score (nSPS) is 17.1. The van der Waals surface area contributed by atoms with E-state index in [2.05, 4.69) is 9.62 Å². The molecule has 1 N–H and O–H groups in total. The summed E-state index contributed by atoms with van der Waals surface area (Å²) in [4.78, 5) is 3.37. The largest absolute Gasteiger partial charge is 0.338 e. The Balaban J connectivity index is 2.17. The topological polar surface area (TPSA) is 49.4 Å². The van der Waals surface area contributed by atoms with Crippen LogP contribution in [0.15, 0.2) is 39.1 Å². The molecule has 0 atom stereocenters. The van der Waals surface area contributed by atoms with E-state index in [-0.39, 0.29) is 0 Å². The van der Waals surface area contributed by atoms with Crippen molar-refractivity contribution in [3.8, 4) is 0 Å². The molecule has 0 radical (unpaired) electrons. The van der Waals surface area contributed by atoms with Gasteiger partial charge in [-0.05, 0) is 25.1 Å². The number of fused-ring (bicyclic) bond motifs is 1. The number of hydrogen-bond acceptors (Lipinski definition) is 4. The number of thioether (sulfide) groups is 1. The van der Waals surface area contributed by atoms with E-state index in [4.69, 9.17) is 0 Å². The number of anilines is 1. The van der Waals surface area contributed by atoms with Crippen LogP contribution in [0.5, 0.6) is 0 Å². The Morgan fingerprint density at radius 2 is 2.00 bits per heavy atom. The number of rotatable bonds is 5. The minimum atomic E-state index is -3.46. The molecule has 0 aliphatic carbocycles. The first-order valence-electron chi connectivity index (χ1n) is 7.16. The molecule has 122 valence electrons. The summed E-state index contributed by atoms with van der Waals surface area (Å²) < 4.78 is 28.2. The molecule has 0 amide bonds. The molecule has 22 heavy (non-hydrogen) atoms. The van der Waals surface area contributed by atoms with E-state index in [1.54, 1.807) is 23.9 Å². The highest BCUT2D eigenvalue weighted by Crippen LogP contribution is 2.45. The zero-order valence-electron chi connectivity index (χ0n) is 13.8. The predicted octanol–water partition coefficient (Wildman–Crippen LogP) is 2.07. The Morgan fingerprint density at radius 1 is 1.32 bits per heavy atom. The van der Waals surface area contributed by atoms with Crippen LogP contribution in [0, 0.1) is 0 Å². The quantitative estimate of drug-likeness (QED) is 0.833. The van der Waals surface area contributed by atoms with E-state index in [9.17, 15) is 8.42 Å². The summed E-state index contributed by atoms with van der Waals surface area (Å²) in [5, 5.41) is 1.11. The Hall–Kier alpha value is -1.02. The standard InChI is InChI=1S/C15H24N3O2S2/c1-6-15-17(2)13-8-7-12(11-14(13)21-15)22(19,20)16-9-10-18(3,4)5/h6-8,11,16H,9-10H2,1-5H3/q+1/b15-6-. The Kier molecular flexibility index (Phi) is 4.91. The fraction of sp³-hybridized carbons (Fsp3) is 0.467. The summed E-state index contributed by atoms with van der Waals surface area (Å²) in [7, 11) is 4.64. The second-order valence-electron chi connectivity index (χ2n) is 6.33. The molecule has 0 spiro atoms. The molecule has 1 aromatic carbocycles. The van der Waals surface area contributed by atoms with Gasteiger partial charge in [0.25, 0.3) is 0 Å². The molecule has 7 heteroatoms. The Bertz CT molecular complexity index is 691. The molecule has 5 nitrogen and oxygen atoms in total. The van der Waals surface area contributed by atoms with Gasteiger partial charge in [0.15, 0.2) is 0 Å². The summed E-state index contributed by atoms with van der Waals surface area (Å²) >= 11 is 1.59. The number of hydrogen-bond donors (Lipinski definition) is 1. The Morgan fingerprint density at radius 3 is 2.59 bits per heavy atom. The van der Waals surface area contributed by atoms with Crippen molar-refractivity contribution < 1.29 is 12.9 Å². The van der Waals surface area contributed by atoms with Crippen LogP contribution in [0.2, 0.25) is 0 Å². The first-order valence-corrected chi connectivity index (χ1v) is 9.46. The number of nitrogens with zero attached hydrogens (tertiary/aromatic N) is 2. The maximum Gasteiger partial charge on any atom is 0.240 e. The molecule has 0 bridgehead atoms. The molecule has 0 saturated heterocycles. The fourth-order valence-electron chi connectivity index (χ4n) is 2.17. The zero-order chi connectivity index (χ0) is 16.5. The summed E-state index contributed by atoms with van der Waals surface area (Å²) in [6.45, 7) is 3.15. The van der Waals surface area contributed by atoms with Gasteiger partial charge in [0.1, 0.15) is 0 Å². The van der Waals surface area contributed by atoms with Gasteiger partial charge < -0.3 is 9.38 Å². The number of likely N-dealkylation sites (N-methyl/N-ethyl adjacent to an activating group) is 1. The Labute approximate surface area is 137 Å². The van der Waals surface area contributed by atoms with Crippen LogP contribution < -0.4 is 9.62 Å². The van der Waals surface area contributed by atoms with Crippen molar-refractivity contribution in [3.05, 3.63) is 29.3 Å². The first-order chi connectivity index (χ1) is 10.1. The summed E-state index contributed by atoms with van der Waals surface area (Å²) in [5.74, 6) is 0. The lowest BCUT2D eigenvalue weighted by molar-refractivity contribution is -0.869. The van der Waals surface area contributed by atoms with Crippen molar-refractivity contribution in [2.45, 2.75) is 16.7 Å².